The molecule has 0 aromatic heterocycles. The number of halogens is 1. The number of hydrogen-bond acceptors (Lipinski definition) is 2. The van der Waals surface area contributed by atoms with E-state index in [9.17, 15) is 9.59 Å². The fourth-order valence-electron chi connectivity index (χ4n) is 2.81. The topological polar surface area (TPSA) is 49.4 Å². The van der Waals surface area contributed by atoms with Crippen LogP contribution in [-0.2, 0) is 29.2 Å². The third-order valence-corrected chi connectivity index (χ3v) is 4.53. The van der Waals surface area contributed by atoms with Crippen LogP contribution in [0, 0.1) is 0 Å². The van der Waals surface area contributed by atoms with Gasteiger partial charge in [-0.2, -0.15) is 0 Å². The normalized spacial score (nSPS) is 10.3. The van der Waals surface area contributed by atoms with E-state index in [0.717, 1.165) is 16.7 Å². The summed E-state index contributed by atoms with van der Waals surface area (Å²) in [5.74, 6) is -1.18. The van der Waals surface area contributed by atoms with Crippen LogP contribution in [0.25, 0.3) is 0 Å². The predicted molar refractivity (Wildman–Crippen MR) is 110 cm³/mol. The molecule has 0 saturated heterocycles. The van der Waals surface area contributed by atoms with E-state index < -0.39 is 11.8 Å². The molecule has 1 N–H and O–H groups in total. The molecule has 0 atom stereocenters. The van der Waals surface area contributed by atoms with Gasteiger partial charge in [-0.3, -0.25) is 9.59 Å². The van der Waals surface area contributed by atoms with Crippen LogP contribution in [-0.4, -0.2) is 16.7 Å². The van der Waals surface area contributed by atoms with Gasteiger partial charge in [0.15, 0.2) is 0 Å². The highest BCUT2D eigenvalue weighted by atomic mass is 35.5. The molecule has 0 aliphatic heterocycles. The van der Waals surface area contributed by atoms with Gasteiger partial charge in [0.1, 0.15) is 0 Å². The van der Waals surface area contributed by atoms with E-state index in [1.807, 2.05) is 72.8 Å². The quantitative estimate of drug-likeness (QED) is 0.639. The summed E-state index contributed by atoms with van der Waals surface area (Å²) >= 11 is 5.87. The van der Waals surface area contributed by atoms with Gasteiger partial charge in [-0.15, -0.1) is 0 Å². The number of carbonyl (C=O) groups excluding carboxylic acids is 2. The standard InChI is InChI=1S/C23H21ClN2O2/c24-21-13-11-18(12-14-21)15-25-22(27)23(28)26(16-19-7-3-1-4-8-19)17-20-9-5-2-6-10-20/h1-14H,15-17H2,(H,25,27). The number of carbonyl (C=O) groups is 2. The zero-order chi connectivity index (χ0) is 19.8. The Bertz CT molecular complexity index is 871. The Morgan fingerprint density at radius 3 is 1.71 bits per heavy atom. The fraction of sp³-hybridized carbons (Fsp3) is 0.130. The first-order valence-corrected chi connectivity index (χ1v) is 9.39. The molecule has 0 radical (unpaired) electrons. The van der Waals surface area contributed by atoms with Crippen molar-refractivity contribution >= 4 is 23.4 Å². The van der Waals surface area contributed by atoms with Crippen molar-refractivity contribution in [2.24, 2.45) is 0 Å². The average Bonchev–Trinajstić information content (AvgIpc) is 2.73. The second-order valence-corrected chi connectivity index (χ2v) is 6.88. The number of rotatable bonds is 6. The summed E-state index contributed by atoms with van der Waals surface area (Å²) in [5, 5.41) is 3.32. The summed E-state index contributed by atoms with van der Waals surface area (Å²) in [4.78, 5) is 26.9. The minimum Gasteiger partial charge on any atom is -0.344 e. The molecule has 0 saturated carbocycles. The monoisotopic (exact) mass is 392 g/mol. The van der Waals surface area contributed by atoms with Gasteiger partial charge in [0.25, 0.3) is 0 Å². The second kappa shape index (κ2) is 9.72. The summed E-state index contributed by atoms with van der Waals surface area (Å²) in [7, 11) is 0. The Morgan fingerprint density at radius 2 is 1.21 bits per heavy atom. The Balaban J connectivity index is 1.69. The van der Waals surface area contributed by atoms with Crippen molar-refractivity contribution < 1.29 is 9.59 Å². The van der Waals surface area contributed by atoms with Gasteiger partial charge >= 0.3 is 11.8 Å². The molecule has 3 aromatic rings. The highest BCUT2D eigenvalue weighted by Crippen LogP contribution is 2.12. The molecule has 3 rings (SSSR count). The third-order valence-electron chi connectivity index (χ3n) is 4.28. The molecule has 0 aliphatic carbocycles. The first kappa shape index (κ1) is 19.6. The van der Waals surface area contributed by atoms with E-state index in [1.165, 1.54) is 0 Å². The number of amides is 2. The van der Waals surface area contributed by atoms with Crippen LogP contribution >= 0.6 is 11.6 Å². The largest absolute Gasteiger partial charge is 0.344 e. The van der Waals surface area contributed by atoms with Gasteiger partial charge < -0.3 is 10.2 Å². The maximum atomic E-state index is 12.8. The van der Waals surface area contributed by atoms with Gasteiger partial charge in [0.2, 0.25) is 0 Å². The molecule has 0 heterocycles. The van der Waals surface area contributed by atoms with Crippen molar-refractivity contribution in [1.29, 1.82) is 0 Å². The first-order chi connectivity index (χ1) is 13.6. The minimum atomic E-state index is -0.623. The lowest BCUT2D eigenvalue weighted by atomic mass is 10.1. The fourth-order valence-corrected chi connectivity index (χ4v) is 2.94. The Labute approximate surface area is 169 Å². The van der Waals surface area contributed by atoms with Crippen LogP contribution in [0.15, 0.2) is 84.9 Å². The van der Waals surface area contributed by atoms with E-state index >= 15 is 0 Å². The molecule has 5 heteroatoms. The van der Waals surface area contributed by atoms with Crippen LogP contribution < -0.4 is 5.32 Å². The van der Waals surface area contributed by atoms with Crippen molar-refractivity contribution in [3.63, 3.8) is 0 Å². The maximum Gasteiger partial charge on any atom is 0.312 e. The van der Waals surface area contributed by atoms with E-state index in [2.05, 4.69) is 5.32 Å². The number of nitrogens with one attached hydrogen (secondary N) is 1. The highest BCUT2D eigenvalue weighted by molar-refractivity contribution is 6.34. The minimum absolute atomic E-state index is 0.270. The summed E-state index contributed by atoms with van der Waals surface area (Å²) in [6.07, 6.45) is 0. The lowest BCUT2D eigenvalue weighted by molar-refractivity contribution is -0.146. The predicted octanol–water partition coefficient (Wildman–Crippen LogP) is 4.19. The van der Waals surface area contributed by atoms with Crippen molar-refractivity contribution in [3.05, 3.63) is 107 Å². The molecule has 0 aliphatic rings. The molecule has 3 aromatic carbocycles. The van der Waals surface area contributed by atoms with Crippen molar-refractivity contribution in [2.75, 3.05) is 0 Å². The van der Waals surface area contributed by atoms with Gasteiger partial charge in [-0.05, 0) is 28.8 Å². The molecule has 28 heavy (non-hydrogen) atoms. The number of benzene rings is 3. The average molecular weight is 393 g/mol. The van der Waals surface area contributed by atoms with Gasteiger partial charge in [-0.25, -0.2) is 0 Å². The zero-order valence-electron chi connectivity index (χ0n) is 15.3. The van der Waals surface area contributed by atoms with Crippen molar-refractivity contribution in [3.8, 4) is 0 Å². The van der Waals surface area contributed by atoms with Crippen LogP contribution in [0.4, 0.5) is 0 Å². The molecular formula is C23H21ClN2O2. The second-order valence-electron chi connectivity index (χ2n) is 6.44. The van der Waals surface area contributed by atoms with Crippen LogP contribution in [0.3, 0.4) is 0 Å². The molecule has 0 bridgehead atoms. The Kier molecular flexibility index (Phi) is 6.82. The van der Waals surface area contributed by atoms with Gasteiger partial charge in [0, 0.05) is 24.7 Å². The van der Waals surface area contributed by atoms with Crippen molar-refractivity contribution in [2.45, 2.75) is 19.6 Å². The van der Waals surface area contributed by atoms with Crippen LogP contribution in [0.5, 0.6) is 0 Å². The SMILES string of the molecule is O=C(NCc1ccc(Cl)cc1)C(=O)N(Cc1ccccc1)Cc1ccccc1. The van der Waals surface area contributed by atoms with Crippen LogP contribution in [0.1, 0.15) is 16.7 Å². The third kappa shape index (κ3) is 5.69. The number of nitrogens with zero attached hydrogens (tertiary/aromatic N) is 1. The summed E-state index contributed by atoms with van der Waals surface area (Å²) in [6.45, 7) is 0.998. The number of hydrogen-bond donors (Lipinski definition) is 1. The van der Waals surface area contributed by atoms with Crippen molar-refractivity contribution in [1.82, 2.24) is 10.2 Å². The van der Waals surface area contributed by atoms with Gasteiger partial charge in [0.05, 0.1) is 0 Å². The summed E-state index contributed by atoms with van der Waals surface area (Å²) in [5.41, 5.74) is 2.82. The van der Waals surface area contributed by atoms with E-state index in [-0.39, 0.29) is 6.54 Å². The molecule has 2 amide bonds. The molecule has 142 valence electrons. The molecule has 0 fully saturated rings. The lowest BCUT2D eigenvalue weighted by Crippen LogP contribution is -2.42. The summed E-state index contributed by atoms with van der Waals surface area (Å²) in [6, 6.07) is 26.4. The molecule has 0 spiro atoms. The molecule has 4 nitrogen and oxygen atoms in total. The Hall–Kier alpha value is -3.11. The lowest BCUT2D eigenvalue weighted by Gasteiger charge is -2.22. The molecule has 0 unspecified atom stereocenters. The van der Waals surface area contributed by atoms with E-state index in [1.54, 1.807) is 17.0 Å². The van der Waals surface area contributed by atoms with E-state index in [0.29, 0.717) is 18.1 Å². The van der Waals surface area contributed by atoms with Gasteiger partial charge in [-0.1, -0.05) is 84.4 Å². The summed E-state index contributed by atoms with van der Waals surface area (Å²) < 4.78 is 0. The van der Waals surface area contributed by atoms with E-state index in [4.69, 9.17) is 11.6 Å². The smallest absolute Gasteiger partial charge is 0.312 e. The molecular weight excluding hydrogens is 372 g/mol. The van der Waals surface area contributed by atoms with Crippen LogP contribution in [0.2, 0.25) is 5.02 Å². The first-order valence-electron chi connectivity index (χ1n) is 9.01. The zero-order valence-corrected chi connectivity index (χ0v) is 16.1. The Morgan fingerprint density at radius 1 is 0.714 bits per heavy atom. The highest BCUT2D eigenvalue weighted by Gasteiger charge is 2.22. The maximum absolute atomic E-state index is 12.8.